The van der Waals surface area contributed by atoms with Gasteiger partial charge in [-0.05, 0) is 24.1 Å². The van der Waals surface area contributed by atoms with Crippen LogP contribution in [0.25, 0.3) is 0 Å². The predicted octanol–water partition coefficient (Wildman–Crippen LogP) is 3.84. The fourth-order valence-electron chi connectivity index (χ4n) is 1.90. The van der Waals surface area contributed by atoms with Crippen LogP contribution in [0.1, 0.15) is 17.2 Å². The molecule has 2 aromatic carbocycles. The van der Waals surface area contributed by atoms with Gasteiger partial charge in [-0.2, -0.15) is 11.8 Å². The standard InChI is InChI=1S/C17H20O2S/c1-14-7-5-6-10-17(14)19-11-12-20-13-16(18)15-8-3-2-4-9-15/h2-10,16,18H,11-13H2,1H3. The molecule has 1 unspecified atom stereocenters. The molecule has 0 bridgehead atoms. The first-order chi connectivity index (χ1) is 9.77. The Kier molecular flexibility index (Phi) is 5.96. The molecule has 0 saturated heterocycles. The topological polar surface area (TPSA) is 29.5 Å². The van der Waals surface area contributed by atoms with Crippen molar-refractivity contribution in [2.75, 3.05) is 18.1 Å². The van der Waals surface area contributed by atoms with Gasteiger partial charge in [0.2, 0.25) is 0 Å². The highest BCUT2D eigenvalue weighted by Crippen LogP contribution is 2.19. The van der Waals surface area contributed by atoms with E-state index in [4.69, 9.17) is 4.74 Å². The van der Waals surface area contributed by atoms with E-state index in [1.165, 1.54) is 0 Å². The van der Waals surface area contributed by atoms with E-state index >= 15 is 0 Å². The number of aliphatic hydroxyl groups excluding tert-OH is 1. The molecule has 0 aliphatic carbocycles. The highest BCUT2D eigenvalue weighted by molar-refractivity contribution is 7.99. The molecule has 0 amide bonds. The number of para-hydroxylation sites is 1. The van der Waals surface area contributed by atoms with Gasteiger partial charge in [-0.1, -0.05) is 48.5 Å². The van der Waals surface area contributed by atoms with Crippen molar-refractivity contribution in [1.29, 1.82) is 0 Å². The first-order valence-corrected chi connectivity index (χ1v) is 7.92. The van der Waals surface area contributed by atoms with Crippen molar-refractivity contribution < 1.29 is 9.84 Å². The molecule has 0 saturated carbocycles. The summed E-state index contributed by atoms with van der Waals surface area (Å²) in [4.78, 5) is 0. The third-order valence-electron chi connectivity index (χ3n) is 3.04. The zero-order valence-corrected chi connectivity index (χ0v) is 12.5. The van der Waals surface area contributed by atoms with Crippen LogP contribution in [0, 0.1) is 6.92 Å². The Morgan fingerprint density at radius 1 is 1.05 bits per heavy atom. The average Bonchev–Trinajstić information content (AvgIpc) is 2.49. The van der Waals surface area contributed by atoms with Crippen molar-refractivity contribution in [3.05, 3.63) is 65.7 Å². The van der Waals surface area contributed by atoms with Crippen LogP contribution < -0.4 is 4.74 Å². The molecule has 1 N–H and O–H groups in total. The van der Waals surface area contributed by atoms with Gasteiger partial charge in [0.25, 0.3) is 0 Å². The smallest absolute Gasteiger partial charge is 0.122 e. The van der Waals surface area contributed by atoms with E-state index in [0.717, 1.165) is 22.6 Å². The molecular formula is C17H20O2S. The molecule has 0 heterocycles. The number of benzene rings is 2. The molecule has 2 aromatic rings. The van der Waals surface area contributed by atoms with Crippen LogP contribution in [-0.2, 0) is 0 Å². The quantitative estimate of drug-likeness (QED) is 0.785. The molecule has 0 fully saturated rings. The Hall–Kier alpha value is -1.45. The van der Waals surface area contributed by atoms with Crippen molar-refractivity contribution in [1.82, 2.24) is 0 Å². The zero-order chi connectivity index (χ0) is 14.2. The predicted molar refractivity (Wildman–Crippen MR) is 85.4 cm³/mol. The number of ether oxygens (including phenoxy) is 1. The monoisotopic (exact) mass is 288 g/mol. The third kappa shape index (κ3) is 4.58. The molecule has 0 spiro atoms. The lowest BCUT2D eigenvalue weighted by Gasteiger charge is -2.11. The summed E-state index contributed by atoms with van der Waals surface area (Å²) in [5.74, 6) is 2.51. The number of rotatable bonds is 7. The van der Waals surface area contributed by atoms with Crippen molar-refractivity contribution in [2.24, 2.45) is 0 Å². The molecule has 1 atom stereocenters. The summed E-state index contributed by atoms with van der Waals surface area (Å²) in [6.45, 7) is 2.71. The number of aliphatic hydroxyl groups is 1. The number of aryl methyl sites for hydroxylation is 1. The Labute approximate surface area is 124 Å². The molecule has 0 aromatic heterocycles. The first-order valence-electron chi connectivity index (χ1n) is 6.76. The van der Waals surface area contributed by atoms with Crippen LogP contribution in [0.2, 0.25) is 0 Å². The van der Waals surface area contributed by atoms with Gasteiger partial charge in [-0.15, -0.1) is 0 Å². The van der Waals surface area contributed by atoms with E-state index < -0.39 is 6.10 Å². The molecular weight excluding hydrogens is 268 g/mol. The lowest BCUT2D eigenvalue weighted by atomic mass is 10.1. The third-order valence-corrected chi connectivity index (χ3v) is 4.05. The lowest BCUT2D eigenvalue weighted by Crippen LogP contribution is -2.05. The van der Waals surface area contributed by atoms with Crippen LogP contribution in [0.4, 0.5) is 0 Å². The van der Waals surface area contributed by atoms with Gasteiger partial charge in [0.15, 0.2) is 0 Å². The Morgan fingerprint density at radius 2 is 1.75 bits per heavy atom. The van der Waals surface area contributed by atoms with Gasteiger partial charge in [0.05, 0.1) is 12.7 Å². The summed E-state index contributed by atoms with van der Waals surface area (Å²) >= 11 is 1.71. The molecule has 0 aliphatic rings. The summed E-state index contributed by atoms with van der Waals surface area (Å²) in [5.41, 5.74) is 2.13. The summed E-state index contributed by atoms with van der Waals surface area (Å²) in [6, 6.07) is 17.8. The lowest BCUT2D eigenvalue weighted by molar-refractivity contribution is 0.204. The fourth-order valence-corrected chi connectivity index (χ4v) is 2.68. The molecule has 106 valence electrons. The van der Waals surface area contributed by atoms with Crippen molar-refractivity contribution in [3.63, 3.8) is 0 Å². The second-order valence-corrected chi connectivity index (χ2v) is 5.77. The highest BCUT2D eigenvalue weighted by atomic mass is 32.2. The van der Waals surface area contributed by atoms with E-state index in [0.29, 0.717) is 12.4 Å². The van der Waals surface area contributed by atoms with Crippen LogP contribution in [0.3, 0.4) is 0 Å². The Balaban J connectivity index is 1.66. The zero-order valence-electron chi connectivity index (χ0n) is 11.7. The van der Waals surface area contributed by atoms with Crippen molar-refractivity contribution >= 4 is 11.8 Å². The van der Waals surface area contributed by atoms with Crippen LogP contribution in [-0.4, -0.2) is 23.2 Å². The van der Waals surface area contributed by atoms with Crippen LogP contribution >= 0.6 is 11.8 Å². The maximum atomic E-state index is 10.0. The van der Waals surface area contributed by atoms with Crippen molar-refractivity contribution in [2.45, 2.75) is 13.0 Å². The SMILES string of the molecule is Cc1ccccc1OCCSCC(O)c1ccccc1. The van der Waals surface area contributed by atoms with Gasteiger partial charge >= 0.3 is 0 Å². The largest absolute Gasteiger partial charge is 0.492 e. The van der Waals surface area contributed by atoms with E-state index in [1.807, 2.05) is 61.5 Å². The number of thioether (sulfide) groups is 1. The molecule has 20 heavy (non-hydrogen) atoms. The van der Waals surface area contributed by atoms with Gasteiger partial charge in [0.1, 0.15) is 5.75 Å². The summed E-state index contributed by atoms with van der Waals surface area (Å²) in [5, 5.41) is 10.0. The van der Waals surface area contributed by atoms with Crippen molar-refractivity contribution in [3.8, 4) is 5.75 Å². The molecule has 3 heteroatoms. The minimum atomic E-state index is -0.403. The second kappa shape index (κ2) is 7.98. The summed E-state index contributed by atoms with van der Waals surface area (Å²) < 4.78 is 5.72. The summed E-state index contributed by atoms with van der Waals surface area (Å²) in [7, 11) is 0. The Morgan fingerprint density at radius 3 is 2.50 bits per heavy atom. The first kappa shape index (κ1) is 14.9. The van der Waals surface area contributed by atoms with Gasteiger partial charge < -0.3 is 9.84 Å². The molecule has 2 nitrogen and oxygen atoms in total. The normalized spacial score (nSPS) is 12.1. The van der Waals surface area contributed by atoms with E-state index in [1.54, 1.807) is 11.8 Å². The van der Waals surface area contributed by atoms with E-state index in [2.05, 4.69) is 0 Å². The fraction of sp³-hybridized carbons (Fsp3) is 0.294. The highest BCUT2D eigenvalue weighted by Gasteiger charge is 2.06. The maximum absolute atomic E-state index is 10.0. The number of hydrogen-bond acceptors (Lipinski definition) is 3. The average molecular weight is 288 g/mol. The van der Waals surface area contributed by atoms with E-state index in [9.17, 15) is 5.11 Å². The van der Waals surface area contributed by atoms with Gasteiger partial charge in [-0.25, -0.2) is 0 Å². The molecule has 2 rings (SSSR count). The van der Waals surface area contributed by atoms with Crippen LogP contribution in [0.15, 0.2) is 54.6 Å². The minimum absolute atomic E-state index is 0.403. The van der Waals surface area contributed by atoms with E-state index in [-0.39, 0.29) is 0 Å². The van der Waals surface area contributed by atoms with Crippen LogP contribution in [0.5, 0.6) is 5.75 Å². The second-order valence-electron chi connectivity index (χ2n) is 4.62. The minimum Gasteiger partial charge on any atom is -0.492 e. The Bertz CT molecular complexity index is 513. The molecule has 0 radical (unpaired) electrons. The van der Waals surface area contributed by atoms with Gasteiger partial charge in [0, 0.05) is 11.5 Å². The maximum Gasteiger partial charge on any atom is 0.122 e. The summed E-state index contributed by atoms with van der Waals surface area (Å²) in [6.07, 6.45) is -0.403. The van der Waals surface area contributed by atoms with Gasteiger partial charge in [-0.3, -0.25) is 0 Å². The number of hydrogen-bond donors (Lipinski definition) is 1. The molecule has 0 aliphatic heterocycles.